The first-order valence-corrected chi connectivity index (χ1v) is 4.53. The van der Waals surface area contributed by atoms with E-state index in [0.717, 1.165) is 0 Å². The molecule has 5 nitrogen and oxygen atoms in total. The molecular weight excluding hydrogens is 184 g/mol. The number of quaternary nitrogens is 1. The van der Waals surface area contributed by atoms with Gasteiger partial charge < -0.3 is 9.57 Å². The second-order valence-corrected chi connectivity index (χ2v) is 3.78. The molecule has 0 saturated heterocycles. The van der Waals surface area contributed by atoms with Crippen LogP contribution in [0.1, 0.15) is 6.92 Å². The summed E-state index contributed by atoms with van der Waals surface area (Å²) in [4.78, 5) is 10.7. The second kappa shape index (κ2) is 5.72. The van der Waals surface area contributed by atoms with Crippen LogP contribution in [-0.4, -0.2) is 51.6 Å². The summed E-state index contributed by atoms with van der Waals surface area (Å²) in [6.45, 7) is 2.48. The highest BCUT2D eigenvalue weighted by Crippen LogP contribution is 2.07. The summed E-state index contributed by atoms with van der Waals surface area (Å²) in [5, 5.41) is 1.54. The van der Waals surface area contributed by atoms with Crippen LogP contribution in [0.25, 0.3) is 0 Å². The average Bonchev–Trinajstić information content (AvgIpc) is 1.96. The molecule has 84 valence electrons. The van der Waals surface area contributed by atoms with E-state index in [0.29, 0.717) is 17.2 Å². The average molecular weight is 205 g/mol. The first-order chi connectivity index (χ1) is 6.35. The smallest absolute Gasteiger partial charge is 0.396 e. The SMILES string of the molecule is CCO/C=C(\ON(C)C)O[N+](C)(C)C. The fourth-order valence-electron chi connectivity index (χ4n) is 0.661. The van der Waals surface area contributed by atoms with Crippen molar-refractivity contribution in [2.24, 2.45) is 0 Å². The predicted octanol–water partition coefficient (Wildman–Crippen LogP) is 0.953. The van der Waals surface area contributed by atoms with Crippen molar-refractivity contribution in [3.8, 4) is 0 Å². The van der Waals surface area contributed by atoms with E-state index in [-0.39, 0.29) is 0 Å². The van der Waals surface area contributed by atoms with Gasteiger partial charge >= 0.3 is 5.95 Å². The first-order valence-electron chi connectivity index (χ1n) is 4.53. The zero-order valence-corrected chi connectivity index (χ0v) is 9.90. The minimum absolute atomic E-state index is 0.312. The van der Waals surface area contributed by atoms with E-state index in [1.165, 1.54) is 6.26 Å². The van der Waals surface area contributed by atoms with Crippen LogP contribution in [0.2, 0.25) is 0 Å². The molecule has 0 fully saturated rings. The highest BCUT2D eigenvalue weighted by Gasteiger charge is 2.15. The largest absolute Gasteiger partial charge is 0.494 e. The zero-order chi connectivity index (χ0) is 11.2. The summed E-state index contributed by atoms with van der Waals surface area (Å²) in [6, 6.07) is 0. The summed E-state index contributed by atoms with van der Waals surface area (Å²) in [5.41, 5.74) is 0. The van der Waals surface area contributed by atoms with Gasteiger partial charge in [-0.25, -0.2) is 0 Å². The number of hydrogen-bond donors (Lipinski definition) is 0. The van der Waals surface area contributed by atoms with E-state index in [4.69, 9.17) is 14.4 Å². The Morgan fingerprint density at radius 1 is 1.29 bits per heavy atom. The van der Waals surface area contributed by atoms with E-state index in [9.17, 15) is 0 Å². The third-order valence-electron chi connectivity index (χ3n) is 0.983. The molecule has 5 heteroatoms. The lowest BCUT2D eigenvalue weighted by molar-refractivity contribution is -1.06. The minimum Gasteiger partial charge on any atom is -0.494 e. The number of rotatable bonds is 6. The molecule has 0 radical (unpaired) electrons. The van der Waals surface area contributed by atoms with Crippen LogP contribution in [0.4, 0.5) is 0 Å². The molecule has 0 atom stereocenters. The molecule has 0 aromatic rings. The number of ether oxygens (including phenoxy) is 1. The lowest BCUT2D eigenvalue weighted by Crippen LogP contribution is -2.35. The third kappa shape index (κ3) is 7.70. The van der Waals surface area contributed by atoms with Gasteiger partial charge in [0.25, 0.3) is 0 Å². The second-order valence-electron chi connectivity index (χ2n) is 3.78. The standard InChI is InChI=1S/C9H21N2O3/c1-7-12-8-9(13-10(2)3)14-11(4,5)6/h8H,7H2,1-6H3/q+1/b9-8+. The van der Waals surface area contributed by atoms with Crippen LogP contribution < -0.4 is 0 Å². The Labute approximate surface area is 85.9 Å². The summed E-state index contributed by atoms with van der Waals surface area (Å²) < 4.78 is 5.41. The van der Waals surface area contributed by atoms with Crippen molar-refractivity contribution in [3.05, 3.63) is 12.2 Å². The normalized spacial score (nSPS) is 12.9. The van der Waals surface area contributed by atoms with Crippen molar-refractivity contribution in [1.29, 1.82) is 0 Å². The van der Waals surface area contributed by atoms with E-state index in [1.54, 1.807) is 19.2 Å². The van der Waals surface area contributed by atoms with Crippen molar-refractivity contribution in [2.75, 3.05) is 41.8 Å². The van der Waals surface area contributed by atoms with E-state index in [2.05, 4.69) is 0 Å². The first kappa shape index (κ1) is 13.1. The van der Waals surface area contributed by atoms with Crippen LogP contribution in [0.5, 0.6) is 0 Å². The van der Waals surface area contributed by atoms with Gasteiger partial charge in [-0.05, 0) is 6.92 Å². The van der Waals surface area contributed by atoms with Crippen LogP contribution in [0, 0.1) is 0 Å². The predicted molar refractivity (Wildman–Crippen MR) is 53.6 cm³/mol. The number of hydrogen-bond acceptors (Lipinski definition) is 4. The third-order valence-corrected chi connectivity index (χ3v) is 0.983. The summed E-state index contributed by atoms with van der Waals surface area (Å²) in [6.07, 6.45) is 1.46. The Bertz CT molecular complexity index is 185. The van der Waals surface area contributed by atoms with Gasteiger partial charge in [-0.15, -0.1) is 9.71 Å². The molecule has 14 heavy (non-hydrogen) atoms. The Morgan fingerprint density at radius 2 is 1.86 bits per heavy atom. The van der Waals surface area contributed by atoms with Gasteiger partial charge in [0.2, 0.25) is 0 Å². The molecule has 0 spiro atoms. The van der Waals surface area contributed by atoms with Gasteiger partial charge in [-0.2, -0.15) is 0 Å². The highest BCUT2D eigenvalue weighted by atomic mass is 16.9. The van der Waals surface area contributed by atoms with Gasteiger partial charge in [0.1, 0.15) is 21.1 Å². The quantitative estimate of drug-likeness (QED) is 0.367. The molecule has 0 unspecified atom stereocenters. The fraction of sp³-hybridized carbons (Fsp3) is 0.778. The molecule has 0 saturated carbocycles. The molecule has 0 aromatic carbocycles. The lowest BCUT2D eigenvalue weighted by Gasteiger charge is -2.23. The van der Waals surface area contributed by atoms with Gasteiger partial charge in [0, 0.05) is 14.1 Å². The van der Waals surface area contributed by atoms with Gasteiger partial charge in [-0.1, -0.05) is 0 Å². The Balaban J connectivity index is 4.25. The molecule has 0 bridgehead atoms. The molecule has 0 amide bonds. The maximum absolute atomic E-state index is 5.46. The molecule has 0 aromatic heterocycles. The van der Waals surface area contributed by atoms with Crippen molar-refractivity contribution in [2.45, 2.75) is 6.92 Å². The van der Waals surface area contributed by atoms with Gasteiger partial charge in [0.15, 0.2) is 6.26 Å². The monoisotopic (exact) mass is 205 g/mol. The van der Waals surface area contributed by atoms with Gasteiger partial charge in [-0.3, -0.25) is 4.84 Å². The maximum atomic E-state index is 5.46. The van der Waals surface area contributed by atoms with Crippen molar-refractivity contribution >= 4 is 0 Å². The van der Waals surface area contributed by atoms with Gasteiger partial charge in [0.05, 0.1) is 6.61 Å². The Kier molecular flexibility index (Phi) is 5.34. The molecule has 0 rings (SSSR count). The molecule has 0 aliphatic carbocycles. The van der Waals surface area contributed by atoms with Crippen LogP contribution in [0.15, 0.2) is 12.2 Å². The highest BCUT2D eigenvalue weighted by molar-refractivity contribution is 4.72. The molecule has 0 heterocycles. The van der Waals surface area contributed by atoms with Crippen LogP contribution >= 0.6 is 0 Å². The van der Waals surface area contributed by atoms with Crippen molar-refractivity contribution < 1.29 is 19.1 Å². The van der Waals surface area contributed by atoms with E-state index in [1.807, 2.05) is 28.1 Å². The van der Waals surface area contributed by atoms with E-state index < -0.39 is 0 Å². The van der Waals surface area contributed by atoms with Crippen molar-refractivity contribution in [3.63, 3.8) is 0 Å². The van der Waals surface area contributed by atoms with Crippen LogP contribution in [-0.2, 0) is 14.4 Å². The Hall–Kier alpha value is -0.940. The van der Waals surface area contributed by atoms with E-state index >= 15 is 0 Å². The topological polar surface area (TPSA) is 30.9 Å². The molecule has 0 N–H and O–H groups in total. The summed E-state index contributed by atoms with van der Waals surface area (Å²) in [7, 11) is 9.22. The molecule has 0 aliphatic rings. The molecular formula is C9H21N2O3+. The van der Waals surface area contributed by atoms with Crippen LogP contribution in [0.3, 0.4) is 0 Å². The number of nitrogens with zero attached hydrogens (tertiary/aromatic N) is 2. The summed E-state index contributed by atoms with van der Waals surface area (Å²) in [5.74, 6) is 0.337. The van der Waals surface area contributed by atoms with Crippen molar-refractivity contribution in [1.82, 2.24) is 5.06 Å². The maximum Gasteiger partial charge on any atom is 0.396 e. The molecule has 0 aliphatic heterocycles. The Morgan fingerprint density at radius 3 is 2.21 bits per heavy atom. The summed E-state index contributed by atoms with van der Waals surface area (Å²) >= 11 is 0. The minimum atomic E-state index is 0.312. The lowest BCUT2D eigenvalue weighted by atomic mass is 10.8. The fourth-order valence-corrected chi connectivity index (χ4v) is 0.661. The number of hydroxylamine groups is 5. The zero-order valence-electron chi connectivity index (χ0n) is 9.90.